The quantitative estimate of drug-likeness (QED) is 0.857. The maximum absolute atomic E-state index is 12.0. The van der Waals surface area contributed by atoms with Crippen molar-refractivity contribution in [1.29, 1.82) is 0 Å². The Labute approximate surface area is 125 Å². The van der Waals surface area contributed by atoms with E-state index in [-0.39, 0.29) is 5.91 Å². The van der Waals surface area contributed by atoms with Crippen LogP contribution in [0.1, 0.15) is 11.1 Å². The second-order valence-electron chi connectivity index (χ2n) is 4.80. The minimum absolute atomic E-state index is 0.0264. The zero-order chi connectivity index (χ0) is 15.1. The molecule has 0 aliphatic carbocycles. The highest BCUT2D eigenvalue weighted by Crippen LogP contribution is 2.13. The summed E-state index contributed by atoms with van der Waals surface area (Å²) in [6.07, 6.45) is 0.349. The smallest absolute Gasteiger partial charge is 0.228 e. The van der Waals surface area contributed by atoms with E-state index in [9.17, 15) is 4.79 Å². The minimum Gasteiger partial charge on any atom is -0.497 e. The van der Waals surface area contributed by atoms with Crippen LogP contribution < -0.4 is 15.4 Å². The third kappa shape index (κ3) is 4.61. The van der Waals surface area contributed by atoms with Crippen LogP contribution in [-0.4, -0.2) is 20.1 Å². The lowest BCUT2D eigenvalue weighted by molar-refractivity contribution is -0.115. The number of amides is 1. The molecule has 0 bridgehead atoms. The first-order valence-electron chi connectivity index (χ1n) is 6.87. The van der Waals surface area contributed by atoms with Crippen LogP contribution in [0.15, 0.2) is 48.5 Å². The van der Waals surface area contributed by atoms with Crippen molar-refractivity contribution in [1.82, 2.24) is 5.32 Å². The summed E-state index contributed by atoms with van der Waals surface area (Å²) < 4.78 is 5.10. The van der Waals surface area contributed by atoms with Crippen molar-refractivity contribution >= 4 is 11.6 Å². The van der Waals surface area contributed by atoms with Gasteiger partial charge in [-0.25, -0.2) is 0 Å². The Morgan fingerprint density at radius 1 is 1.00 bits per heavy atom. The van der Waals surface area contributed by atoms with Crippen molar-refractivity contribution in [3.8, 4) is 5.75 Å². The van der Waals surface area contributed by atoms with Gasteiger partial charge in [-0.05, 0) is 42.4 Å². The molecule has 4 nitrogen and oxygen atoms in total. The molecule has 1 amide bonds. The van der Waals surface area contributed by atoms with Gasteiger partial charge in [-0.3, -0.25) is 4.79 Å². The van der Waals surface area contributed by atoms with E-state index in [1.54, 1.807) is 7.11 Å². The van der Waals surface area contributed by atoms with E-state index < -0.39 is 0 Å². The molecule has 2 rings (SSSR count). The monoisotopic (exact) mass is 284 g/mol. The van der Waals surface area contributed by atoms with Gasteiger partial charge in [0.2, 0.25) is 5.91 Å². The zero-order valence-corrected chi connectivity index (χ0v) is 12.3. The summed E-state index contributed by atoms with van der Waals surface area (Å²) in [5.41, 5.74) is 2.96. The second-order valence-corrected chi connectivity index (χ2v) is 4.80. The fourth-order valence-corrected chi connectivity index (χ4v) is 2.04. The number of carbonyl (C=O) groups excluding carboxylic acids is 1. The summed E-state index contributed by atoms with van der Waals surface area (Å²) in [6, 6.07) is 15.3. The number of nitrogens with one attached hydrogen (secondary N) is 2. The number of ether oxygens (including phenoxy) is 1. The third-order valence-corrected chi connectivity index (χ3v) is 3.14. The SMILES string of the molecule is CNCc1ccc(NC(=O)Cc2ccc(OC)cc2)cc1. The molecule has 0 aliphatic heterocycles. The highest BCUT2D eigenvalue weighted by Gasteiger charge is 2.04. The third-order valence-electron chi connectivity index (χ3n) is 3.14. The molecule has 21 heavy (non-hydrogen) atoms. The fraction of sp³-hybridized carbons (Fsp3) is 0.235. The lowest BCUT2D eigenvalue weighted by atomic mass is 10.1. The molecule has 0 spiro atoms. The summed E-state index contributed by atoms with van der Waals surface area (Å²) >= 11 is 0. The molecule has 2 aromatic rings. The molecule has 0 saturated carbocycles. The molecule has 0 atom stereocenters. The molecule has 2 N–H and O–H groups in total. The predicted molar refractivity (Wildman–Crippen MR) is 84.5 cm³/mol. The number of hydrogen-bond acceptors (Lipinski definition) is 3. The van der Waals surface area contributed by atoms with E-state index in [0.29, 0.717) is 6.42 Å². The molecule has 110 valence electrons. The van der Waals surface area contributed by atoms with Crippen molar-refractivity contribution in [3.05, 3.63) is 59.7 Å². The van der Waals surface area contributed by atoms with Crippen LogP contribution in [0.4, 0.5) is 5.69 Å². The maximum atomic E-state index is 12.0. The van der Waals surface area contributed by atoms with Crippen molar-refractivity contribution in [2.45, 2.75) is 13.0 Å². The zero-order valence-electron chi connectivity index (χ0n) is 12.3. The van der Waals surface area contributed by atoms with Crippen molar-refractivity contribution in [2.24, 2.45) is 0 Å². The molecule has 0 saturated heterocycles. The van der Waals surface area contributed by atoms with Gasteiger partial charge in [-0.2, -0.15) is 0 Å². The van der Waals surface area contributed by atoms with Crippen molar-refractivity contribution in [3.63, 3.8) is 0 Å². The molecular formula is C17H20N2O2. The highest BCUT2D eigenvalue weighted by atomic mass is 16.5. The van der Waals surface area contributed by atoms with E-state index in [2.05, 4.69) is 10.6 Å². The standard InChI is InChI=1S/C17H20N2O2/c1-18-12-14-3-7-15(8-4-14)19-17(20)11-13-5-9-16(21-2)10-6-13/h3-10,18H,11-12H2,1-2H3,(H,19,20). The van der Waals surface area contributed by atoms with Gasteiger partial charge in [0, 0.05) is 12.2 Å². The van der Waals surface area contributed by atoms with Gasteiger partial charge >= 0.3 is 0 Å². The van der Waals surface area contributed by atoms with Crippen LogP contribution in [0.5, 0.6) is 5.75 Å². The molecule has 0 aromatic heterocycles. The number of hydrogen-bond donors (Lipinski definition) is 2. The average molecular weight is 284 g/mol. The van der Waals surface area contributed by atoms with E-state index >= 15 is 0 Å². The molecule has 0 aliphatic rings. The summed E-state index contributed by atoms with van der Waals surface area (Å²) in [7, 11) is 3.53. The number of carbonyl (C=O) groups is 1. The predicted octanol–water partition coefficient (Wildman–Crippen LogP) is 2.60. The summed E-state index contributed by atoms with van der Waals surface area (Å²) in [6.45, 7) is 0.820. The van der Waals surface area contributed by atoms with Crippen LogP contribution in [0, 0.1) is 0 Å². The molecule has 4 heteroatoms. The lowest BCUT2D eigenvalue weighted by Crippen LogP contribution is -2.14. The molecule has 0 unspecified atom stereocenters. The Morgan fingerprint density at radius 3 is 2.19 bits per heavy atom. The summed E-state index contributed by atoms with van der Waals surface area (Å²) in [5, 5.41) is 5.99. The van der Waals surface area contributed by atoms with E-state index in [0.717, 1.165) is 23.5 Å². The number of benzene rings is 2. The Bertz CT molecular complexity index is 577. The molecular weight excluding hydrogens is 264 g/mol. The Hall–Kier alpha value is -2.33. The Balaban J connectivity index is 1.91. The van der Waals surface area contributed by atoms with Gasteiger partial charge in [-0.1, -0.05) is 24.3 Å². The van der Waals surface area contributed by atoms with Gasteiger partial charge in [-0.15, -0.1) is 0 Å². The Kier molecular flexibility index (Phi) is 5.35. The number of methoxy groups -OCH3 is 1. The lowest BCUT2D eigenvalue weighted by Gasteiger charge is -2.07. The summed E-state index contributed by atoms with van der Waals surface area (Å²) in [4.78, 5) is 12.0. The van der Waals surface area contributed by atoms with Crippen molar-refractivity contribution in [2.75, 3.05) is 19.5 Å². The van der Waals surface area contributed by atoms with Gasteiger partial charge in [0.25, 0.3) is 0 Å². The largest absolute Gasteiger partial charge is 0.497 e. The van der Waals surface area contributed by atoms with E-state index in [4.69, 9.17) is 4.74 Å². The number of rotatable bonds is 6. The summed E-state index contributed by atoms with van der Waals surface area (Å²) in [5.74, 6) is 0.765. The molecule has 0 radical (unpaired) electrons. The molecule has 0 fully saturated rings. The van der Waals surface area contributed by atoms with E-state index in [1.165, 1.54) is 5.56 Å². The highest BCUT2D eigenvalue weighted by molar-refractivity contribution is 5.92. The topological polar surface area (TPSA) is 50.4 Å². The fourth-order valence-electron chi connectivity index (χ4n) is 2.04. The van der Waals surface area contributed by atoms with E-state index in [1.807, 2.05) is 55.6 Å². The van der Waals surface area contributed by atoms with Crippen molar-refractivity contribution < 1.29 is 9.53 Å². The molecule has 2 aromatic carbocycles. The molecule has 0 heterocycles. The van der Waals surface area contributed by atoms with Crippen LogP contribution in [-0.2, 0) is 17.8 Å². The van der Waals surface area contributed by atoms with Gasteiger partial charge in [0.15, 0.2) is 0 Å². The second kappa shape index (κ2) is 7.45. The van der Waals surface area contributed by atoms with Gasteiger partial charge in [0.05, 0.1) is 13.5 Å². The Morgan fingerprint density at radius 2 is 1.62 bits per heavy atom. The first-order valence-corrected chi connectivity index (χ1v) is 6.87. The first-order chi connectivity index (χ1) is 10.2. The van der Waals surface area contributed by atoms with Crippen LogP contribution in [0.2, 0.25) is 0 Å². The normalized spacial score (nSPS) is 10.2. The number of anilines is 1. The van der Waals surface area contributed by atoms with Gasteiger partial charge < -0.3 is 15.4 Å². The van der Waals surface area contributed by atoms with Crippen LogP contribution in [0.25, 0.3) is 0 Å². The van der Waals surface area contributed by atoms with Crippen LogP contribution >= 0.6 is 0 Å². The van der Waals surface area contributed by atoms with Crippen LogP contribution in [0.3, 0.4) is 0 Å². The first kappa shape index (κ1) is 15.1. The maximum Gasteiger partial charge on any atom is 0.228 e. The average Bonchev–Trinajstić information content (AvgIpc) is 2.50. The van der Waals surface area contributed by atoms with Gasteiger partial charge in [0.1, 0.15) is 5.75 Å². The minimum atomic E-state index is -0.0264.